The Balaban J connectivity index is 2.03. The Morgan fingerprint density at radius 1 is 1.33 bits per heavy atom. The molecule has 1 aromatic carbocycles. The van der Waals surface area contributed by atoms with Crippen molar-refractivity contribution < 1.29 is 19.4 Å². The number of thiophene rings is 1. The monoisotopic (exact) mass is 348 g/mol. The van der Waals surface area contributed by atoms with Crippen molar-refractivity contribution in [2.75, 3.05) is 0 Å². The summed E-state index contributed by atoms with van der Waals surface area (Å²) in [5, 5.41) is 9.71. The molecule has 0 aliphatic heterocycles. The molecule has 0 saturated carbocycles. The molecular formula is C11H6BrClO4S. The number of carbonyl (C=O) groups excluding carboxylic acids is 1. The number of ether oxygens (including phenoxy) is 2. The van der Waals surface area contributed by atoms with Crippen LogP contribution in [0.2, 0.25) is 4.34 Å². The minimum absolute atomic E-state index is 0.0317. The molecule has 2 rings (SSSR count). The Kier molecular flexibility index (Phi) is 4.11. The molecule has 0 atom stereocenters. The molecule has 0 unspecified atom stereocenters. The number of halogens is 2. The zero-order chi connectivity index (χ0) is 13.1. The maximum absolute atomic E-state index is 11.4. The fourth-order valence-corrected chi connectivity index (χ4v) is 2.62. The predicted octanol–water partition coefficient (Wildman–Crippen LogP) is 4.45. The van der Waals surface area contributed by atoms with E-state index in [0.717, 1.165) is 11.3 Å². The van der Waals surface area contributed by atoms with Crippen LogP contribution in [-0.2, 0) is 0 Å². The lowest BCUT2D eigenvalue weighted by molar-refractivity contribution is 0.151. The molecule has 2 aromatic rings. The van der Waals surface area contributed by atoms with Crippen LogP contribution in [0.1, 0.15) is 0 Å². The van der Waals surface area contributed by atoms with Gasteiger partial charge in [0.05, 0.1) is 4.47 Å². The van der Waals surface area contributed by atoms with E-state index in [1.807, 2.05) is 0 Å². The van der Waals surface area contributed by atoms with Crippen LogP contribution in [0.15, 0.2) is 34.8 Å². The second-order valence-electron chi connectivity index (χ2n) is 3.11. The molecule has 0 amide bonds. The maximum Gasteiger partial charge on any atom is 0.520 e. The Labute approximate surface area is 120 Å². The van der Waals surface area contributed by atoms with Crippen molar-refractivity contribution in [2.24, 2.45) is 0 Å². The highest BCUT2D eigenvalue weighted by Gasteiger charge is 2.13. The zero-order valence-corrected chi connectivity index (χ0v) is 11.9. The molecular weight excluding hydrogens is 344 g/mol. The number of aromatic hydroxyl groups is 1. The Morgan fingerprint density at radius 3 is 2.67 bits per heavy atom. The van der Waals surface area contributed by atoms with Gasteiger partial charge in [0.1, 0.15) is 4.34 Å². The first-order valence-corrected chi connectivity index (χ1v) is 6.67. The lowest BCUT2D eigenvalue weighted by Crippen LogP contribution is -2.13. The van der Waals surface area contributed by atoms with Gasteiger partial charge in [-0.05, 0) is 28.1 Å². The molecule has 0 spiro atoms. The summed E-state index contributed by atoms with van der Waals surface area (Å²) in [4.78, 5) is 11.4. The zero-order valence-electron chi connectivity index (χ0n) is 8.72. The number of carbonyl (C=O) groups is 1. The third-order valence-corrected chi connectivity index (χ3v) is 4.22. The van der Waals surface area contributed by atoms with E-state index in [0.29, 0.717) is 13.9 Å². The summed E-state index contributed by atoms with van der Waals surface area (Å²) in [7, 11) is 0. The summed E-state index contributed by atoms with van der Waals surface area (Å²) in [6.45, 7) is 0. The summed E-state index contributed by atoms with van der Waals surface area (Å²) in [6, 6.07) is 7.65. The molecule has 0 radical (unpaired) electrons. The van der Waals surface area contributed by atoms with Gasteiger partial charge in [0, 0.05) is 6.07 Å². The quantitative estimate of drug-likeness (QED) is 0.643. The second-order valence-corrected chi connectivity index (χ2v) is 5.58. The fourth-order valence-electron chi connectivity index (χ4n) is 1.11. The SMILES string of the molecule is O=C(Oc1cc(Br)c(Cl)s1)Oc1ccccc1O. The Morgan fingerprint density at radius 2 is 2.06 bits per heavy atom. The van der Waals surface area contributed by atoms with Gasteiger partial charge in [0.25, 0.3) is 0 Å². The van der Waals surface area contributed by atoms with E-state index in [2.05, 4.69) is 15.9 Å². The molecule has 0 bridgehead atoms. The van der Waals surface area contributed by atoms with E-state index in [1.54, 1.807) is 18.2 Å². The summed E-state index contributed by atoms with van der Waals surface area (Å²) >= 11 is 10.1. The smallest absolute Gasteiger partial charge is 0.504 e. The Bertz CT molecular complexity index is 565. The fraction of sp³-hybridized carbons (Fsp3) is 0. The highest BCUT2D eigenvalue weighted by molar-refractivity contribution is 9.10. The van der Waals surface area contributed by atoms with Gasteiger partial charge < -0.3 is 14.6 Å². The van der Waals surface area contributed by atoms with Crippen LogP contribution in [0.3, 0.4) is 0 Å². The van der Waals surface area contributed by atoms with Gasteiger partial charge in [-0.2, -0.15) is 0 Å². The van der Waals surface area contributed by atoms with Crippen LogP contribution in [0, 0.1) is 0 Å². The van der Waals surface area contributed by atoms with Gasteiger partial charge in [0.15, 0.2) is 16.6 Å². The number of phenols is 1. The van der Waals surface area contributed by atoms with Crippen molar-refractivity contribution in [1.82, 2.24) is 0 Å². The number of phenolic OH excluding ortho intramolecular Hbond substituents is 1. The lowest BCUT2D eigenvalue weighted by Gasteiger charge is -2.04. The van der Waals surface area contributed by atoms with Crippen molar-refractivity contribution in [3.63, 3.8) is 0 Å². The average Bonchev–Trinajstić information content (AvgIpc) is 2.61. The standard InChI is InChI=1S/C11H6BrClO4S/c12-6-5-9(18-10(6)13)17-11(15)16-8-4-2-1-3-7(8)14/h1-5,14H. The molecule has 94 valence electrons. The molecule has 4 nitrogen and oxygen atoms in total. The average molecular weight is 350 g/mol. The van der Waals surface area contributed by atoms with Crippen LogP contribution in [0.5, 0.6) is 16.6 Å². The number of hydrogen-bond acceptors (Lipinski definition) is 5. The number of hydrogen-bond donors (Lipinski definition) is 1. The third kappa shape index (κ3) is 3.16. The van der Waals surface area contributed by atoms with E-state index in [9.17, 15) is 9.90 Å². The van der Waals surface area contributed by atoms with Gasteiger partial charge >= 0.3 is 6.16 Å². The van der Waals surface area contributed by atoms with E-state index >= 15 is 0 Å². The van der Waals surface area contributed by atoms with Gasteiger partial charge in [0.2, 0.25) is 0 Å². The van der Waals surface area contributed by atoms with Crippen molar-refractivity contribution in [2.45, 2.75) is 0 Å². The normalized spacial score (nSPS) is 10.1. The topological polar surface area (TPSA) is 55.8 Å². The minimum Gasteiger partial charge on any atom is -0.504 e. The molecule has 0 saturated heterocycles. The first-order chi connectivity index (χ1) is 8.56. The minimum atomic E-state index is -0.943. The molecule has 7 heteroatoms. The van der Waals surface area contributed by atoms with E-state index in [4.69, 9.17) is 21.1 Å². The van der Waals surface area contributed by atoms with Crippen molar-refractivity contribution in [3.8, 4) is 16.6 Å². The van der Waals surface area contributed by atoms with Crippen LogP contribution in [0.25, 0.3) is 0 Å². The highest BCUT2D eigenvalue weighted by Crippen LogP contribution is 2.37. The van der Waals surface area contributed by atoms with Crippen LogP contribution in [0.4, 0.5) is 4.79 Å². The van der Waals surface area contributed by atoms with Gasteiger partial charge in [-0.1, -0.05) is 35.1 Å². The second kappa shape index (κ2) is 5.60. The summed E-state index contributed by atoms with van der Waals surface area (Å²) in [5.41, 5.74) is 0. The molecule has 0 aliphatic rings. The molecule has 1 aromatic heterocycles. The first-order valence-electron chi connectivity index (χ1n) is 4.69. The van der Waals surface area contributed by atoms with Crippen molar-refractivity contribution >= 4 is 45.0 Å². The molecule has 1 heterocycles. The number of para-hydroxylation sites is 2. The summed E-state index contributed by atoms with van der Waals surface area (Å²) in [6.07, 6.45) is -0.943. The van der Waals surface area contributed by atoms with Gasteiger partial charge in [-0.25, -0.2) is 4.79 Å². The number of benzene rings is 1. The lowest BCUT2D eigenvalue weighted by atomic mass is 10.3. The van der Waals surface area contributed by atoms with E-state index in [-0.39, 0.29) is 11.5 Å². The maximum atomic E-state index is 11.4. The van der Waals surface area contributed by atoms with Crippen LogP contribution < -0.4 is 9.47 Å². The molecule has 0 aliphatic carbocycles. The Hall–Kier alpha value is -1.24. The molecule has 18 heavy (non-hydrogen) atoms. The highest BCUT2D eigenvalue weighted by atomic mass is 79.9. The molecule has 0 fully saturated rings. The largest absolute Gasteiger partial charge is 0.520 e. The van der Waals surface area contributed by atoms with E-state index < -0.39 is 6.16 Å². The van der Waals surface area contributed by atoms with Crippen LogP contribution >= 0.6 is 38.9 Å². The van der Waals surface area contributed by atoms with Gasteiger partial charge in [-0.3, -0.25) is 0 Å². The van der Waals surface area contributed by atoms with Crippen molar-refractivity contribution in [1.29, 1.82) is 0 Å². The van der Waals surface area contributed by atoms with Gasteiger partial charge in [-0.15, -0.1) is 0 Å². The first kappa shape index (κ1) is 13.2. The summed E-state index contributed by atoms with van der Waals surface area (Å²) < 4.78 is 10.9. The predicted molar refractivity (Wildman–Crippen MR) is 71.8 cm³/mol. The summed E-state index contributed by atoms with van der Waals surface area (Å²) in [5.74, 6) is -0.107. The van der Waals surface area contributed by atoms with E-state index in [1.165, 1.54) is 12.1 Å². The van der Waals surface area contributed by atoms with Crippen LogP contribution in [-0.4, -0.2) is 11.3 Å². The molecule has 1 N–H and O–H groups in total. The third-order valence-electron chi connectivity index (χ3n) is 1.87. The van der Waals surface area contributed by atoms with Crippen molar-refractivity contribution in [3.05, 3.63) is 39.1 Å². The number of rotatable bonds is 2.